The van der Waals surface area contributed by atoms with Crippen molar-refractivity contribution in [2.24, 2.45) is 0 Å². The number of carbonyl (C=O) groups excluding carboxylic acids is 1. The number of carbonyl (C=O) groups is 1. The maximum atomic E-state index is 12.0. The molecule has 0 aliphatic rings. The second kappa shape index (κ2) is 7.11. The second-order valence-corrected chi connectivity index (χ2v) is 6.74. The summed E-state index contributed by atoms with van der Waals surface area (Å²) in [5.74, 6) is -0.773. The predicted octanol–water partition coefficient (Wildman–Crippen LogP) is 2.29. The van der Waals surface area contributed by atoms with E-state index in [1.165, 1.54) is 16.0 Å². The molecular weight excluding hydrogens is 416 g/mol. The summed E-state index contributed by atoms with van der Waals surface area (Å²) in [7, 11) is 0. The molecule has 3 aromatic rings. The molecule has 0 aliphatic heterocycles. The van der Waals surface area contributed by atoms with E-state index >= 15 is 0 Å². The first kappa shape index (κ1) is 17.2. The molecule has 3 heterocycles. The van der Waals surface area contributed by atoms with E-state index in [4.69, 9.17) is 4.52 Å². The van der Waals surface area contributed by atoms with E-state index in [0.717, 1.165) is 4.88 Å². The molecule has 0 bridgehead atoms. The largest absolute Gasteiger partial charge is 0.404 e. The van der Waals surface area contributed by atoms with Gasteiger partial charge < -0.3 is 20.0 Å². The maximum Gasteiger partial charge on any atom is 0.404 e. The predicted molar refractivity (Wildman–Crippen MR) is 90.2 cm³/mol. The van der Waals surface area contributed by atoms with Crippen LogP contribution >= 0.6 is 27.3 Å². The average molecular weight is 427 g/mol. The van der Waals surface area contributed by atoms with Crippen molar-refractivity contribution in [3.8, 4) is 0 Å². The van der Waals surface area contributed by atoms with Crippen molar-refractivity contribution in [1.82, 2.24) is 25.2 Å². The zero-order valence-corrected chi connectivity index (χ0v) is 15.2. The summed E-state index contributed by atoms with van der Waals surface area (Å²) in [5, 5.41) is 23.1. The first-order valence-electron chi connectivity index (χ1n) is 6.96. The van der Waals surface area contributed by atoms with E-state index in [-0.39, 0.29) is 28.6 Å². The van der Waals surface area contributed by atoms with Gasteiger partial charge in [0.25, 0.3) is 0 Å². The van der Waals surface area contributed by atoms with Crippen LogP contribution in [-0.4, -0.2) is 30.8 Å². The molecule has 0 atom stereocenters. The molecule has 25 heavy (non-hydrogen) atoms. The van der Waals surface area contributed by atoms with Gasteiger partial charge in [-0.15, -0.1) is 11.3 Å². The number of aromatic nitrogens is 4. The average Bonchev–Trinajstić information content (AvgIpc) is 3.30. The third kappa shape index (κ3) is 3.74. The van der Waals surface area contributed by atoms with Crippen molar-refractivity contribution in [1.29, 1.82) is 0 Å². The molecule has 0 saturated heterocycles. The molecule has 10 nitrogen and oxygen atoms in total. The maximum absolute atomic E-state index is 12.0. The molecule has 0 saturated carbocycles. The summed E-state index contributed by atoms with van der Waals surface area (Å²) < 4.78 is 6.58. The van der Waals surface area contributed by atoms with E-state index < -0.39 is 10.8 Å². The number of amides is 1. The number of nitrogens with zero attached hydrogens (tertiary/aromatic N) is 5. The van der Waals surface area contributed by atoms with E-state index in [1.54, 1.807) is 6.92 Å². The van der Waals surface area contributed by atoms with Crippen LogP contribution in [-0.2, 0) is 13.1 Å². The van der Waals surface area contributed by atoms with Gasteiger partial charge in [0.1, 0.15) is 11.0 Å². The number of thiophene rings is 1. The number of hydrogen-bond acceptors (Lipinski definition) is 8. The summed E-state index contributed by atoms with van der Waals surface area (Å²) >= 11 is 4.65. The Labute approximate surface area is 153 Å². The Bertz CT molecular complexity index is 919. The van der Waals surface area contributed by atoms with Crippen molar-refractivity contribution < 1.29 is 14.2 Å². The first-order valence-corrected chi connectivity index (χ1v) is 8.63. The van der Waals surface area contributed by atoms with Crippen LogP contribution in [0.2, 0.25) is 0 Å². The Kier molecular flexibility index (Phi) is 4.90. The smallest absolute Gasteiger partial charge is 0.358 e. The summed E-state index contributed by atoms with van der Waals surface area (Å²) in [6.07, 6.45) is 0. The molecule has 12 heteroatoms. The topological polar surface area (TPSA) is 129 Å². The standard InChI is InChI=1S/C13H11BrN6O4S/c1-7-10(14)11(20(22)23)17-19(7)6-9-16-13(24-18-9)12(21)15-5-8-3-2-4-25-8/h2-4H,5-6H2,1H3,(H,15,21). The fraction of sp³-hybridized carbons (Fsp3) is 0.231. The van der Waals surface area contributed by atoms with Crippen molar-refractivity contribution in [2.45, 2.75) is 20.0 Å². The van der Waals surface area contributed by atoms with Crippen molar-refractivity contribution >= 4 is 39.0 Å². The van der Waals surface area contributed by atoms with E-state index in [0.29, 0.717) is 12.2 Å². The van der Waals surface area contributed by atoms with Crippen molar-refractivity contribution in [3.63, 3.8) is 0 Å². The molecule has 130 valence electrons. The van der Waals surface area contributed by atoms with E-state index in [2.05, 4.69) is 36.5 Å². The van der Waals surface area contributed by atoms with E-state index in [9.17, 15) is 14.9 Å². The van der Waals surface area contributed by atoms with Gasteiger partial charge in [0.05, 0.1) is 17.3 Å². The Balaban J connectivity index is 1.68. The molecule has 0 unspecified atom stereocenters. The lowest BCUT2D eigenvalue weighted by Gasteiger charge is -1.98. The minimum Gasteiger partial charge on any atom is -0.358 e. The van der Waals surface area contributed by atoms with Gasteiger partial charge in [-0.1, -0.05) is 11.2 Å². The number of halogens is 1. The number of nitrogens with one attached hydrogen (secondary N) is 1. The summed E-state index contributed by atoms with van der Waals surface area (Å²) in [4.78, 5) is 27.3. The Morgan fingerprint density at radius 1 is 1.56 bits per heavy atom. The third-order valence-electron chi connectivity index (χ3n) is 3.25. The molecule has 0 fully saturated rings. The van der Waals surface area contributed by atoms with Crippen LogP contribution in [0.3, 0.4) is 0 Å². The second-order valence-electron chi connectivity index (χ2n) is 4.92. The van der Waals surface area contributed by atoms with Gasteiger partial charge in [-0.2, -0.15) is 9.67 Å². The highest BCUT2D eigenvalue weighted by Gasteiger charge is 2.25. The molecule has 3 aromatic heterocycles. The first-order chi connectivity index (χ1) is 12.0. The zero-order valence-electron chi connectivity index (χ0n) is 12.8. The van der Waals surface area contributed by atoms with Gasteiger partial charge in [0.15, 0.2) is 5.82 Å². The van der Waals surface area contributed by atoms with Crippen LogP contribution in [0.1, 0.15) is 27.1 Å². The Hall–Kier alpha value is -2.60. The summed E-state index contributed by atoms with van der Waals surface area (Å²) in [5.41, 5.74) is 0.542. The molecule has 1 amide bonds. The van der Waals surface area contributed by atoms with Gasteiger partial charge in [-0.3, -0.25) is 4.79 Å². The minimum absolute atomic E-state index is 0.0416. The Morgan fingerprint density at radius 3 is 3.00 bits per heavy atom. The van der Waals surface area contributed by atoms with Crippen LogP contribution in [0.4, 0.5) is 5.82 Å². The zero-order chi connectivity index (χ0) is 18.0. The molecule has 0 aliphatic carbocycles. The van der Waals surface area contributed by atoms with Crippen LogP contribution in [0.25, 0.3) is 0 Å². The van der Waals surface area contributed by atoms with Crippen molar-refractivity contribution in [3.05, 3.63) is 54.4 Å². The minimum atomic E-state index is -0.590. The van der Waals surface area contributed by atoms with Gasteiger partial charge >= 0.3 is 17.6 Å². The molecule has 3 rings (SSSR count). The number of rotatable bonds is 6. The van der Waals surface area contributed by atoms with Gasteiger partial charge in [0.2, 0.25) is 0 Å². The normalized spacial score (nSPS) is 10.8. The van der Waals surface area contributed by atoms with Crippen LogP contribution in [0, 0.1) is 17.0 Å². The van der Waals surface area contributed by atoms with Crippen LogP contribution < -0.4 is 5.32 Å². The molecule has 1 N–H and O–H groups in total. The summed E-state index contributed by atoms with van der Waals surface area (Å²) in [6, 6.07) is 3.79. The number of hydrogen-bond donors (Lipinski definition) is 1. The molecular formula is C13H11BrN6O4S. The monoisotopic (exact) mass is 426 g/mol. The van der Waals surface area contributed by atoms with Crippen LogP contribution in [0.5, 0.6) is 0 Å². The van der Waals surface area contributed by atoms with Crippen LogP contribution in [0.15, 0.2) is 26.5 Å². The van der Waals surface area contributed by atoms with Gasteiger partial charge in [0, 0.05) is 4.88 Å². The quantitative estimate of drug-likeness (QED) is 0.472. The van der Waals surface area contributed by atoms with Gasteiger partial charge in [-0.05, 0) is 39.2 Å². The van der Waals surface area contributed by atoms with Gasteiger partial charge in [-0.25, -0.2) is 0 Å². The Morgan fingerprint density at radius 2 is 2.36 bits per heavy atom. The SMILES string of the molecule is Cc1c(Br)c([N+](=O)[O-])nn1Cc1noc(C(=O)NCc2cccs2)n1. The summed E-state index contributed by atoms with van der Waals surface area (Å²) in [6.45, 7) is 2.07. The van der Waals surface area contributed by atoms with E-state index in [1.807, 2.05) is 17.5 Å². The lowest BCUT2D eigenvalue weighted by atomic mass is 10.4. The molecule has 0 aromatic carbocycles. The third-order valence-corrected chi connectivity index (χ3v) is 5.05. The fourth-order valence-electron chi connectivity index (χ4n) is 1.98. The lowest BCUT2D eigenvalue weighted by molar-refractivity contribution is -0.390. The van der Waals surface area contributed by atoms with Crippen molar-refractivity contribution in [2.75, 3.05) is 0 Å². The number of nitro groups is 1. The molecule has 0 spiro atoms. The highest BCUT2D eigenvalue weighted by atomic mass is 79.9. The molecule has 0 radical (unpaired) electrons. The fourth-order valence-corrected chi connectivity index (χ4v) is 3.05. The lowest BCUT2D eigenvalue weighted by Crippen LogP contribution is -2.22. The highest BCUT2D eigenvalue weighted by molar-refractivity contribution is 9.10. The highest BCUT2D eigenvalue weighted by Crippen LogP contribution is 2.27.